The predicted octanol–water partition coefficient (Wildman–Crippen LogP) is 8.79. The van der Waals surface area contributed by atoms with Crippen molar-refractivity contribution in [3.63, 3.8) is 0 Å². The fourth-order valence-electron chi connectivity index (χ4n) is 7.17. The number of hydrogen-bond acceptors (Lipinski definition) is 0. The molecule has 0 spiro atoms. The van der Waals surface area contributed by atoms with E-state index >= 15 is 0 Å². The van der Waals surface area contributed by atoms with Crippen molar-refractivity contribution in [1.29, 1.82) is 0 Å². The molecule has 5 aromatic rings. The summed E-state index contributed by atoms with van der Waals surface area (Å²) in [6.45, 7) is 0. The van der Waals surface area contributed by atoms with Crippen molar-refractivity contribution >= 4 is 50.0 Å². The molecule has 0 aliphatic heterocycles. The van der Waals surface area contributed by atoms with Crippen molar-refractivity contribution < 1.29 is 0 Å². The number of fused-ring (bicyclic) bond motifs is 8. The lowest BCUT2D eigenvalue weighted by Gasteiger charge is -2.18. The molecule has 2 bridgehead atoms. The van der Waals surface area contributed by atoms with Gasteiger partial charge in [-0.25, -0.2) is 0 Å². The fraction of sp³-hybridized carbons (Fsp3) is 0.100. The number of rotatable bonds is 2. The van der Waals surface area contributed by atoms with E-state index in [4.69, 9.17) is 0 Å². The molecular formula is C40H28. The lowest BCUT2D eigenvalue weighted by molar-refractivity contribution is 1.06. The van der Waals surface area contributed by atoms with Gasteiger partial charge in [0.2, 0.25) is 0 Å². The van der Waals surface area contributed by atoms with Crippen LogP contribution in [0.3, 0.4) is 0 Å². The zero-order chi connectivity index (χ0) is 26.2. The zero-order valence-corrected chi connectivity index (χ0v) is 22.3. The smallest absolute Gasteiger partial charge is 0.00196 e. The van der Waals surface area contributed by atoms with Gasteiger partial charge in [0, 0.05) is 0 Å². The van der Waals surface area contributed by atoms with Crippen LogP contribution in [0.2, 0.25) is 0 Å². The summed E-state index contributed by atoms with van der Waals surface area (Å²) in [5, 5.41) is 10.8. The van der Waals surface area contributed by atoms with Crippen LogP contribution in [0.1, 0.15) is 18.4 Å². The number of hydrogen-bond donors (Lipinski definition) is 0. The summed E-state index contributed by atoms with van der Waals surface area (Å²) in [5.41, 5.74) is 7.97. The molecule has 2 unspecified atom stereocenters. The summed E-state index contributed by atoms with van der Waals surface area (Å²) >= 11 is 0. The van der Waals surface area contributed by atoms with Gasteiger partial charge in [-0.1, -0.05) is 115 Å². The third kappa shape index (κ3) is 3.39. The molecule has 5 aromatic carbocycles. The Labute approximate surface area is 234 Å². The monoisotopic (exact) mass is 508 g/mol. The highest BCUT2D eigenvalue weighted by atomic mass is 14.4. The Kier molecular flexibility index (Phi) is 4.66. The molecule has 9 rings (SSSR count). The second-order valence-electron chi connectivity index (χ2n) is 11.7. The van der Waals surface area contributed by atoms with Crippen molar-refractivity contribution in [2.75, 3.05) is 0 Å². The van der Waals surface area contributed by atoms with Crippen LogP contribution in [0.5, 0.6) is 0 Å². The highest BCUT2D eigenvalue weighted by Gasteiger charge is 2.34. The fourth-order valence-corrected chi connectivity index (χ4v) is 7.17. The van der Waals surface area contributed by atoms with Crippen molar-refractivity contribution in [1.82, 2.24) is 0 Å². The first-order valence-corrected chi connectivity index (χ1v) is 14.5. The SMILES string of the molecule is C1=CC=C2CC(=C1)C=CC=C2c1ccc(-c2cc3ccccc3c3cc4c(cc23)=CC2CC2C=4)c2ccccc12. The molecule has 0 aromatic heterocycles. The van der Waals surface area contributed by atoms with Gasteiger partial charge in [-0.2, -0.15) is 0 Å². The van der Waals surface area contributed by atoms with Gasteiger partial charge in [-0.05, 0) is 119 Å². The van der Waals surface area contributed by atoms with Crippen LogP contribution >= 0.6 is 0 Å². The normalized spacial score (nSPS) is 20.4. The molecule has 0 saturated heterocycles. The lowest BCUT2D eigenvalue weighted by atomic mass is 9.85. The molecule has 0 radical (unpaired) electrons. The van der Waals surface area contributed by atoms with E-state index in [1.807, 2.05) is 0 Å². The van der Waals surface area contributed by atoms with Crippen molar-refractivity contribution in [3.8, 4) is 11.1 Å². The standard InChI is InChI=1S/C40H28/c1-2-10-26-18-25(8-1)9-7-15-32(26)36-16-17-37(35-14-6-5-13-34(35)36)39-22-27-11-3-4-12-33(27)38-23-30-20-28-19-29(28)21-31(30)24-40(38)39/h1-17,20-24,28-29H,18-19H2. The van der Waals surface area contributed by atoms with E-state index in [0.29, 0.717) is 0 Å². The second kappa shape index (κ2) is 8.41. The average Bonchev–Trinajstić information content (AvgIpc) is 3.81. The molecule has 40 heavy (non-hydrogen) atoms. The van der Waals surface area contributed by atoms with Crippen LogP contribution in [0.25, 0.3) is 61.2 Å². The Bertz CT molecular complexity index is 2210. The van der Waals surface area contributed by atoms with Crippen LogP contribution in [0.15, 0.2) is 133 Å². The summed E-state index contributed by atoms with van der Waals surface area (Å²) in [6, 6.07) is 29.9. The molecule has 0 N–H and O–H groups in total. The third-order valence-electron chi connectivity index (χ3n) is 9.28. The number of allylic oxidation sites excluding steroid dienone is 10. The minimum Gasteiger partial charge on any atom is -0.0729 e. The molecule has 0 heterocycles. The molecule has 0 heteroatoms. The van der Waals surface area contributed by atoms with Gasteiger partial charge < -0.3 is 0 Å². The topological polar surface area (TPSA) is 0 Å². The van der Waals surface area contributed by atoms with E-state index in [9.17, 15) is 0 Å². The maximum absolute atomic E-state index is 2.52. The van der Waals surface area contributed by atoms with Crippen molar-refractivity contribution in [2.24, 2.45) is 11.8 Å². The number of benzene rings is 5. The van der Waals surface area contributed by atoms with E-state index in [1.165, 1.54) is 82.6 Å². The Morgan fingerprint density at radius 3 is 2.08 bits per heavy atom. The van der Waals surface area contributed by atoms with E-state index in [2.05, 4.69) is 134 Å². The van der Waals surface area contributed by atoms with Crippen LogP contribution < -0.4 is 10.4 Å². The van der Waals surface area contributed by atoms with E-state index in [-0.39, 0.29) is 0 Å². The van der Waals surface area contributed by atoms with Gasteiger partial charge in [-0.15, -0.1) is 0 Å². The van der Waals surface area contributed by atoms with Gasteiger partial charge in [0.15, 0.2) is 0 Å². The maximum atomic E-state index is 2.52. The molecule has 0 nitrogen and oxygen atoms in total. The molecule has 2 atom stereocenters. The van der Waals surface area contributed by atoms with E-state index in [1.54, 1.807) is 0 Å². The molecule has 4 aliphatic rings. The highest BCUT2D eigenvalue weighted by molar-refractivity contribution is 6.17. The Morgan fingerprint density at radius 2 is 1.23 bits per heavy atom. The summed E-state index contributed by atoms with van der Waals surface area (Å²) < 4.78 is 0. The van der Waals surface area contributed by atoms with Crippen LogP contribution in [-0.4, -0.2) is 0 Å². The van der Waals surface area contributed by atoms with Gasteiger partial charge in [0.1, 0.15) is 0 Å². The first kappa shape index (κ1) is 22.2. The molecule has 4 aliphatic carbocycles. The van der Waals surface area contributed by atoms with Crippen LogP contribution in [0.4, 0.5) is 0 Å². The van der Waals surface area contributed by atoms with Gasteiger partial charge in [0.25, 0.3) is 0 Å². The van der Waals surface area contributed by atoms with E-state index in [0.717, 1.165) is 18.3 Å². The average molecular weight is 509 g/mol. The third-order valence-corrected chi connectivity index (χ3v) is 9.28. The zero-order valence-electron chi connectivity index (χ0n) is 22.3. The molecular weight excluding hydrogens is 480 g/mol. The second-order valence-corrected chi connectivity index (χ2v) is 11.7. The first-order valence-electron chi connectivity index (χ1n) is 14.5. The predicted molar refractivity (Wildman–Crippen MR) is 171 cm³/mol. The molecule has 1 saturated carbocycles. The minimum absolute atomic E-state index is 0.736. The van der Waals surface area contributed by atoms with Crippen LogP contribution in [0, 0.1) is 11.8 Å². The Morgan fingerprint density at radius 1 is 0.525 bits per heavy atom. The quantitative estimate of drug-likeness (QED) is 0.209. The van der Waals surface area contributed by atoms with Crippen LogP contribution in [-0.2, 0) is 0 Å². The van der Waals surface area contributed by atoms with Crippen molar-refractivity contribution in [2.45, 2.75) is 12.8 Å². The molecule has 0 amide bonds. The Balaban J connectivity index is 1.33. The lowest BCUT2D eigenvalue weighted by Crippen LogP contribution is -2.27. The molecule has 188 valence electrons. The summed E-state index contributed by atoms with van der Waals surface area (Å²) in [5.74, 6) is 1.48. The van der Waals surface area contributed by atoms with Gasteiger partial charge in [-0.3, -0.25) is 0 Å². The summed E-state index contributed by atoms with van der Waals surface area (Å²) in [7, 11) is 0. The highest BCUT2D eigenvalue weighted by Crippen LogP contribution is 2.44. The minimum atomic E-state index is 0.736. The van der Waals surface area contributed by atoms with Crippen molar-refractivity contribution in [3.05, 3.63) is 149 Å². The van der Waals surface area contributed by atoms with Gasteiger partial charge in [0.05, 0.1) is 0 Å². The Hall–Kier alpha value is -4.68. The van der Waals surface area contributed by atoms with Gasteiger partial charge >= 0.3 is 0 Å². The molecule has 1 fully saturated rings. The largest absolute Gasteiger partial charge is 0.0729 e. The maximum Gasteiger partial charge on any atom is -0.00196 e. The summed E-state index contributed by atoms with van der Waals surface area (Å²) in [4.78, 5) is 0. The first-order chi connectivity index (χ1) is 19.8. The van der Waals surface area contributed by atoms with E-state index < -0.39 is 0 Å². The summed E-state index contributed by atoms with van der Waals surface area (Å²) in [6.07, 6.45) is 22.9.